The van der Waals surface area contributed by atoms with E-state index in [0.29, 0.717) is 6.54 Å². The largest absolute Gasteiger partial charge is 0.328 e. The van der Waals surface area contributed by atoms with Crippen LogP contribution in [0.5, 0.6) is 0 Å². The maximum Gasteiger partial charge on any atom is 0.321 e. The molecule has 4 heteroatoms. The molecular weight excluding hydrogens is 292 g/mol. The fraction of sp³-hybridized carbons (Fsp3) is 0.214. The number of anilines is 1. The standard InChI is InChI=1S/C14H15BrN2O/c1-3-17(2)14(18)16-13-9-8-12(15)10-6-4-5-7-11(10)13/h4-9H,3H2,1-2H3,(H,16,18). The minimum absolute atomic E-state index is 0.0926. The van der Waals surface area contributed by atoms with E-state index in [4.69, 9.17) is 0 Å². The van der Waals surface area contributed by atoms with E-state index in [0.717, 1.165) is 20.9 Å². The molecule has 2 rings (SSSR count). The molecule has 0 atom stereocenters. The molecule has 0 aliphatic rings. The molecule has 0 aromatic heterocycles. The van der Waals surface area contributed by atoms with Crippen molar-refractivity contribution in [2.24, 2.45) is 0 Å². The van der Waals surface area contributed by atoms with Gasteiger partial charge in [-0.3, -0.25) is 0 Å². The van der Waals surface area contributed by atoms with Gasteiger partial charge >= 0.3 is 6.03 Å². The minimum atomic E-state index is -0.0926. The lowest BCUT2D eigenvalue weighted by Gasteiger charge is -2.17. The van der Waals surface area contributed by atoms with Crippen LogP contribution in [0.3, 0.4) is 0 Å². The number of carbonyl (C=O) groups excluding carboxylic acids is 1. The summed E-state index contributed by atoms with van der Waals surface area (Å²) >= 11 is 3.52. The van der Waals surface area contributed by atoms with Crippen molar-refractivity contribution in [3.63, 3.8) is 0 Å². The van der Waals surface area contributed by atoms with Gasteiger partial charge in [-0.25, -0.2) is 4.79 Å². The lowest BCUT2D eigenvalue weighted by molar-refractivity contribution is 0.224. The number of fused-ring (bicyclic) bond motifs is 1. The van der Waals surface area contributed by atoms with Crippen molar-refractivity contribution < 1.29 is 4.79 Å². The normalized spacial score (nSPS) is 10.4. The second-order valence-electron chi connectivity index (χ2n) is 4.08. The highest BCUT2D eigenvalue weighted by Gasteiger charge is 2.09. The predicted molar refractivity (Wildman–Crippen MR) is 79.0 cm³/mol. The Bertz CT molecular complexity index is 583. The lowest BCUT2D eigenvalue weighted by Crippen LogP contribution is -2.30. The second-order valence-corrected chi connectivity index (χ2v) is 4.94. The third-order valence-electron chi connectivity index (χ3n) is 2.93. The first kappa shape index (κ1) is 12.9. The zero-order valence-electron chi connectivity index (χ0n) is 10.4. The van der Waals surface area contributed by atoms with Gasteiger partial charge in [-0.15, -0.1) is 0 Å². The van der Waals surface area contributed by atoms with Gasteiger partial charge in [0.25, 0.3) is 0 Å². The third kappa shape index (κ3) is 2.48. The van der Waals surface area contributed by atoms with Crippen molar-refractivity contribution in [3.05, 3.63) is 40.9 Å². The molecule has 0 unspecified atom stereocenters. The Balaban J connectivity index is 2.40. The van der Waals surface area contributed by atoms with E-state index in [-0.39, 0.29) is 6.03 Å². The van der Waals surface area contributed by atoms with Crippen molar-refractivity contribution in [1.29, 1.82) is 0 Å². The van der Waals surface area contributed by atoms with Crippen molar-refractivity contribution in [3.8, 4) is 0 Å². The average molecular weight is 307 g/mol. The monoisotopic (exact) mass is 306 g/mol. The number of rotatable bonds is 2. The molecular formula is C14H15BrN2O. The molecule has 2 amide bonds. The van der Waals surface area contributed by atoms with Gasteiger partial charge in [-0.05, 0) is 24.4 Å². The Morgan fingerprint density at radius 1 is 1.22 bits per heavy atom. The van der Waals surface area contributed by atoms with Gasteiger partial charge in [0.15, 0.2) is 0 Å². The number of hydrogen-bond donors (Lipinski definition) is 1. The molecule has 0 saturated heterocycles. The molecule has 0 aliphatic heterocycles. The van der Waals surface area contributed by atoms with Crippen LogP contribution in [-0.2, 0) is 0 Å². The van der Waals surface area contributed by atoms with Crippen LogP contribution in [0, 0.1) is 0 Å². The van der Waals surface area contributed by atoms with Crippen molar-refractivity contribution in [2.45, 2.75) is 6.92 Å². The van der Waals surface area contributed by atoms with Crippen LogP contribution in [0.1, 0.15) is 6.92 Å². The zero-order chi connectivity index (χ0) is 13.1. The molecule has 0 saturated carbocycles. The van der Waals surface area contributed by atoms with Gasteiger partial charge in [-0.1, -0.05) is 40.2 Å². The molecule has 0 aliphatic carbocycles. The molecule has 0 bridgehead atoms. The summed E-state index contributed by atoms with van der Waals surface area (Å²) in [4.78, 5) is 13.5. The molecule has 3 nitrogen and oxygen atoms in total. The summed E-state index contributed by atoms with van der Waals surface area (Å²) < 4.78 is 1.03. The van der Waals surface area contributed by atoms with E-state index in [1.54, 1.807) is 11.9 Å². The average Bonchev–Trinajstić information content (AvgIpc) is 2.41. The quantitative estimate of drug-likeness (QED) is 0.890. The molecule has 0 heterocycles. The number of hydrogen-bond acceptors (Lipinski definition) is 1. The van der Waals surface area contributed by atoms with Gasteiger partial charge in [0.05, 0.1) is 5.69 Å². The van der Waals surface area contributed by atoms with Crippen LogP contribution >= 0.6 is 15.9 Å². The van der Waals surface area contributed by atoms with E-state index in [1.165, 1.54) is 0 Å². The van der Waals surface area contributed by atoms with Crippen LogP contribution in [-0.4, -0.2) is 24.5 Å². The summed E-state index contributed by atoms with van der Waals surface area (Å²) in [5.41, 5.74) is 0.833. The summed E-state index contributed by atoms with van der Waals surface area (Å²) in [5.74, 6) is 0. The van der Waals surface area contributed by atoms with Gasteiger partial charge in [-0.2, -0.15) is 0 Å². The topological polar surface area (TPSA) is 32.3 Å². The molecule has 18 heavy (non-hydrogen) atoms. The molecule has 2 aromatic rings. The van der Waals surface area contributed by atoms with Gasteiger partial charge in [0, 0.05) is 23.5 Å². The minimum Gasteiger partial charge on any atom is -0.328 e. The fourth-order valence-electron chi connectivity index (χ4n) is 1.73. The molecule has 0 fully saturated rings. The van der Waals surface area contributed by atoms with Crippen molar-refractivity contribution in [1.82, 2.24) is 4.90 Å². The molecule has 0 radical (unpaired) electrons. The van der Waals surface area contributed by atoms with Crippen LogP contribution < -0.4 is 5.32 Å². The number of halogens is 1. The predicted octanol–water partition coefficient (Wildman–Crippen LogP) is 4.09. The van der Waals surface area contributed by atoms with E-state index in [1.807, 2.05) is 43.3 Å². The Labute approximate surface area is 115 Å². The van der Waals surface area contributed by atoms with E-state index < -0.39 is 0 Å². The van der Waals surface area contributed by atoms with Gasteiger partial charge < -0.3 is 10.2 Å². The third-order valence-corrected chi connectivity index (χ3v) is 3.63. The first-order valence-corrected chi connectivity index (χ1v) is 6.62. The van der Waals surface area contributed by atoms with E-state index in [9.17, 15) is 4.79 Å². The number of nitrogens with zero attached hydrogens (tertiary/aromatic N) is 1. The number of amides is 2. The molecule has 94 valence electrons. The maximum atomic E-state index is 11.9. The van der Waals surface area contributed by atoms with Crippen molar-refractivity contribution >= 4 is 38.4 Å². The highest BCUT2D eigenvalue weighted by atomic mass is 79.9. The summed E-state index contributed by atoms with van der Waals surface area (Å²) in [5, 5.41) is 5.05. The SMILES string of the molecule is CCN(C)C(=O)Nc1ccc(Br)c2ccccc12. The smallest absolute Gasteiger partial charge is 0.321 e. The Kier molecular flexibility index (Phi) is 3.87. The Morgan fingerprint density at radius 2 is 1.89 bits per heavy atom. The first-order valence-electron chi connectivity index (χ1n) is 5.83. The van der Waals surface area contributed by atoms with Gasteiger partial charge in [0.1, 0.15) is 0 Å². The maximum absolute atomic E-state index is 11.9. The van der Waals surface area contributed by atoms with Crippen molar-refractivity contribution in [2.75, 3.05) is 18.9 Å². The highest BCUT2D eigenvalue weighted by Crippen LogP contribution is 2.29. The number of benzene rings is 2. The molecule has 0 spiro atoms. The fourth-order valence-corrected chi connectivity index (χ4v) is 2.20. The summed E-state index contributed by atoms with van der Waals surface area (Å²) in [7, 11) is 1.77. The number of nitrogens with one attached hydrogen (secondary N) is 1. The Hall–Kier alpha value is -1.55. The zero-order valence-corrected chi connectivity index (χ0v) is 12.0. The van der Waals surface area contributed by atoms with Crippen LogP contribution in [0.15, 0.2) is 40.9 Å². The summed E-state index contributed by atoms with van der Waals surface area (Å²) in [6, 6.07) is 11.7. The highest BCUT2D eigenvalue weighted by molar-refractivity contribution is 9.10. The lowest BCUT2D eigenvalue weighted by atomic mass is 10.1. The Morgan fingerprint density at radius 3 is 2.56 bits per heavy atom. The summed E-state index contributed by atoms with van der Waals surface area (Å²) in [6.45, 7) is 2.62. The molecule has 2 aromatic carbocycles. The first-order chi connectivity index (χ1) is 8.63. The number of carbonyl (C=O) groups is 1. The second kappa shape index (κ2) is 5.40. The molecule has 1 N–H and O–H groups in total. The van der Waals surface area contributed by atoms with Crippen LogP contribution in [0.2, 0.25) is 0 Å². The van der Waals surface area contributed by atoms with Gasteiger partial charge in [0.2, 0.25) is 0 Å². The van der Waals surface area contributed by atoms with E-state index >= 15 is 0 Å². The van der Waals surface area contributed by atoms with Crippen LogP contribution in [0.25, 0.3) is 10.8 Å². The summed E-state index contributed by atoms with van der Waals surface area (Å²) in [6.07, 6.45) is 0. The number of urea groups is 1. The van der Waals surface area contributed by atoms with Crippen LogP contribution in [0.4, 0.5) is 10.5 Å². The van der Waals surface area contributed by atoms with E-state index in [2.05, 4.69) is 21.2 Å².